The van der Waals surface area contributed by atoms with Crippen molar-refractivity contribution < 1.29 is 0 Å². The van der Waals surface area contributed by atoms with Crippen LogP contribution in [0.25, 0.3) is 0 Å². The highest BCUT2D eigenvalue weighted by Gasteiger charge is 1.91. The molecule has 1 heterocycles. The normalized spacial score (nSPS) is 13.2. The first-order valence-corrected chi connectivity index (χ1v) is 3.92. The highest BCUT2D eigenvalue weighted by Crippen LogP contribution is 2.06. The standard InChI is InChI=1S/C9H14N2.2ClH/c10-6-3-5-9-4-1-2-7-11-8-9;;/h1-2,4,7-8,11H,3,5-6,10H2;2*1H. The summed E-state index contributed by atoms with van der Waals surface area (Å²) in [6, 6.07) is 0. The van der Waals surface area contributed by atoms with Crippen molar-refractivity contribution in [2.24, 2.45) is 5.73 Å². The molecule has 0 spiro atoms. The summed E-state index contributed by atoms with van der Waals surface area (Å²) >= 11 is 0. The molecule has 0 aromatic carbocycles. The van der Waals surface area contributed by atoms with Crippen LogP contribution in [0.15, 0.2) is 36.2 Å². The van der Waals surface area contributed by atoms with Crippen LogP contribution in [0.3, 0.4) is 0 Å². The maximum Gasteiger partial charge on any atom is 0.00368 e. The van der Waals surface area contributed by atoms with E-state index < -0.39 is 0 Å². The van der Waals surface area contributed by atoms with E-state index in [1.807, 2.05) is 24.6 Å². The largest absolute Gasteiger partial charge is 0.367 e. The van der Waals surface area contributed by atoms with Crippen LogP contribution in [-0.4, -0.2) is 6.54 Å². The van der Waals surface area contributed by atoms with Crippen molar-refractivity contribution in [2.75, 3.05) is 6.54 Å². The van der Waals surface area contributed by atoms with Crippen molar-refractivity contribution in [3.05, 3.63) is 36.2 Å². The molecule has 3 N–H and O–H groups in total. The summed E-state index contributed by atoms with van der Waals surface area (Å²) in [6.07, 6.45) is 12.1. The van der Waals surface area contributed by atoms with Gasteiger partial charge in [0.1, 0.15) is 0 Å². The minimum atomic E-state index is 0. The quantitative estimate of drug-likeness (QED) is 0.769. The van der Waals surface area contributed by atoms with E-state index in [4.69, 9.17) is 5.73 Å². The molecule has 2 nitrogen and oxygen atoms in total. The Morgan fingerprint density at radius 2 is 2.00 bits per heavy atom. The molecule has 76 valence electrons. The summed E-state index contributed by atoms with van der Waals surface area (Å²) < 4.78 is 0. The molecule has 0 aliphatic carbocycles. The molecular formula is C9H16Cl2N2. The van der Waals surface area contributed by atoms with Gasteiger partial charge < -0.3 is 11.1 Å². The molecule has 0 atom stereocenters. The van der Waals surface area contributed by atoms with Crippen LogP contribution in [0, 0.1) is 0 Å². The zero-order valence-electron chi connectivity index (χ0n) is 7.40. The Morgan fingerprint density at radius 1 is 1.23 bits per heavy atom. The van der Waals surface area contributed by atoms with Gasteiger partial charge in [-0.3, -0.25) is 0 Å². The Morgan fingerprint density at radius 3 is 2.69 bits per heavy atom. The minimum absolute atomic E-state index is 0. The van der Waals surface area contributed by atoms with E-state index >= 15 is 0 Å². The third-order valence-electron chi connectivity index (χ3n) is 1.55. The molecule has 13 heavy (non-hydrogen) atoms. The summed E-state index contributed by atoms with van der Waals surface area (Å²) in [7, 11) is 0. The second kappa shape index (κ2) is 9.65. The zero-order chi connectivity index (χ0) is 7.94. The maximum absolute atomic E-state index is 5.40. The lowest BCUT2D eigenvalue weighted by Crippen LogP contribution is -1.99. The fourth-order valence-corrected chi connectivity index (χ4v) is 0.955. The Kier molecular flexibility index (Phi) is 11.2. The molecule has 1 aliphatic heterocycles. The molecule has 0 fully saturated rings. The topological polar surface area (TPSA) is 38.0 Å². The van der Waals surface area contributed by atoms with Gasteiger partial charge in [0.05, 0.1) is 0 Å². The predicted molar refractivity (Wildman–Crippen MR) is 62.3 cm³/mol. The number of nitrogens with one attached hydrogen (secondary N) is 1. The summed E-state index contributed by atoms with van der Waals surface area (Å²) in [5, 5.41) is 3.06. The third kappa shape index (κ3) is 6.70. The van der Waals surface area contributed by atoms with Gasteiger partial charge in [-0.05, 0) is 31.0 Å². The first-order valence-electron chi connectivity index (χ1n) is 3.92. The maximum atomic E-state index is 5.40. The van der Waals surface area contributed by atoms with E-state index in [9.17, 15) is 0 Å². The Balaban J connectivity index is 0. The molecule has 1 aliphatic rings. The lowest BCUT2D eigenvalue weighted by molar-refractivity contribution is 0.831. The van der Waals surface area contributed by atoms with E-state index in [-0.39, 0.29) is 24.8 Å². The van der Waals surface area contributed by atoms with Crippen molar-refractivity contribution in [3.8, 4) is 0 Å². The number of nitrogens with two attached hydrogens (primary N) is 1. The third-order valence-corrected chi connectivity index (χ3v) is 1.55. The van der Waals surface area contributed by atoms with Crippen LogP contribution in [0.5, 0.6) is 0 Å². The molecule has 1 rings (SSSR count). The zero-order valence-corrected chi connectivity index (χ0v) is 9.03. The van der Waals surface area contributed by atoms with Crippen molar-refractivity contribution in [1.82, 2.24) is 5.32 Å². The first kappa shape index (κ1) is 15.1. The Bertz CT molecular complexity index is 198. The molecule has 0 saturated heterocycles. The first-order chi connectivity index (χ1) is 5.43. The number of hydrogen-bond donors (Lipinski definition) is 2. The second-order valence-corrected chi connectivity index (χ2v) is 2.50. The Hall–Kier alpha value is -0.440. The van der Waals surface area contributed by atoms with Gasteiger partial charge in [-0.25, -0.2) is 0 Å². The summed E-state index contributed by atoms with van der Waals surface area (Å²) in [6.45, 7) is 0.763. The van der Waals surface area contributed by atoms with E-state index in [2.05, 4.69) is 11.4 Å². The molecule has 0 bridgehead atoms. The molecular weight excluding hydrogens is 207 g/mol. The minimum Gasteiger partial charge on any atom is -0.367 e. The van der Waals surface area contributed by atoms with Crippen LogP contribution >= 0.6 is 24.8 Å². The van der Waals surface area contributed by atoms with Gasteiger partial charge in [0, 0.05) is 12.4 Å². The molecule has 0 unspecified atom stereocenters. The molecule has 4 heteroatoms. The SMILES string of the molecule is Cl.Cl.NCCCC1=CNC=CC=C1. The highest BCUT2D eigenvalue weighted by molar-refractivity contribution is 5.85. The van der Waals surface area contributed by atoms with Crippen molar-refractivity contribution in [1.29, 1.82) is 0 Å². The van der Waals surface area contributed by atoms with E-state index in [1.165, 1.54) is 5.57 Å². The van der Waals surface area contributed by atoms with E-state index in [0.717, 1.165) is 19.4 Å². The van der Waals surface area contributed by atoms with Gasteiger partial charge in [-0.15, -0.1) is 24.8 Å². The van der Waals surface area contributed by atoms with Crippen LogP contribution in [-0.2, 0) is 0 Å². The van der Waals surface area contributed by atoms with Gasteiger partial charge in [0.15, 0.2) is 0 Å². The van der Waals surface area contributed by atoms with E-state index in [1.54, 1.807) is 0 Å². The van der Waals surface area contributed by atoms with Crippen LogP contribution < -0.4 is 11.1 Å². The van der Waals surface area contributed by atoms with Gasteiger partial charge in [-0.2, -0.15) is 0 Å². The number of rotatable bonds is 3. The van der Waals surface area contributed by atoms with Crippen molar-refractivity contribution >= 4 is 24.8 Å². The lowest BCUT2D eigenvalue weighted by atomic mass is 10.1. The lowest BCUT2D eigenvalue weighted by Gasteiger charge is -1.98. The van der Waals surface area contributed by atoms with Crippen molar-refractivity contribution in [2.45, 2.75) is 12.8 Å². The van der Waals surface area contributed by atoms with Crippen LogP contribution in [0.1, 0.15) is 12.8 Å². The molecule has 0 aromatic rings. The van der Waals surface area contributed by atoms with Crippen LogP contribution in [0.2, 0.25) is 0 Å². The van der Waals surface area contributed by atoms with Gasteiger partial charge in [0.2, 0.25) is 0 Å². The smallest absolute Gasteiger partial charge is 0.00368 e. The van der Waals surface area contributed by atoms with Gasteiger partial charge in [-0.1, -0.05) is 12.2 Å². The summed E-state index contributed by atoms with van der Waals surface area (Å²) in [5.41, 5.74) is 6.70. The van der Waals surface area contributed by atoms with Gasteiger partial charge >= 0.3 is 0 Å². The molecule has 0 amide bonds. The molecule has 0 saturated carbocycles. The molecule has 0 radical (unpaired) electrons. The van der Waals surface area contributed by atoms with Crippen molar-refractivity contribution in [3.63, 3.8) is 0 Å². The summed E-state index contributed by atoms with van der Waals surface area (Å²) in [4.78, 5) is 0. The molecule has 0 aromatic heterocycles. The number of allylic oxidation sites excluding steroid dienone is 4. The highest BCUT2D eigenvalue weighted by atomic mass is 35.5. The monoisotopic (exact) mass is 222 g/mol. The number of halogens is 2. The predicted octanol–water partition coefficient (Wildman–Crippen LogP) is 2.13. The van der Waals surface area contributed by atoms with E-state index in [0.29, 0.717) is 0 Å². The second-order valence-electron chi connectivity index (χ2n) is 2.50. The van der Waals surface area contributed by atoms with Crippen LogP contribution in [0.4, 0.5) is 0 Å². The number of hydrogen-bond acceptors (Lipinski definition) is 2. The Labute approximate surface area is 91.8 Å². The average Bonchev–Trinajstić information content (AvgIpc) is 2.28. The fraction of sp³-hybridized carbons (Fsp3) is 0.333. The fourth-order valence-electron chi connectivity index (χ4n) is 0.955. The average molecular weight is 223 g/mol. The van der Waals surface area contributed by atoms with Gasteiger partial charge in [0.25, 0.3) is 0 Å². The summed E-state index contributed by atoms with van der Waals surface area (Å²) in [5.74, 6) is 0.